The number of carbonyl (C=O) groups excluding carboxylic acids is 1. The monoisotopic (exact) mass is 404 g/mol. The number of hydrogen-bond donors (Lipinski definition) is 2. The zero-order valence-electron chi connectivity index (χ0n) is 15.5. The van der Waals surface area contributed by atoms with Crippen molar-refractivity contribution in [1.29, 1.82) is 0 Å². The lowest BCUT2D eigenvalue weighted by molar-refractivity contribution is 0.0978. The second-order valence-electron chi connectivity index (χ2n) is 6.18. The molecule has 0 aromatic heterocycles. The second kappa shape index (κ2) is 11.6. The van der Waals surface area contributed by atoms with Gasteiger partial charge in [-0.05, 0) is 42.9 Å². The SMILES string of the molecule is CCCCCCCOc1cccc(NC(=S)NC(=O)c2ccccc2Cl)c1. The zero-order chi connectivity index (χ0) is 19.5. The molecule has 0 radical (unpaired) electrons. The fourth-order valence-electron chi connectivity index (χ4n) is 2.54. The van der Waals surface area contributed by atoms with Gasteiger partial charge in [-0.1, -0.05) is 62.4 Å². The van der Waals surface area contributed by atoms with Crippen molar-refractivity contribution in [2.45, 2.75) is 39.0 Å². The summed E-state index contributed by atoms with van der Waals surface area (Å²) in [4.78, 5) is 12.2. The Labute approximate surface area is 171 Å². The third-order valence-corrected chi connectivity index (χ3v) is 4.49. The van der Waals surface area contributed by atoms with E-state index >= 15 is 0 Å². The van der Waals surface area contributed by atoms with Gasteiger partial charge < -0.3 is 10.1 Å². The number of rotatable bonds is 9. The minimum atomic E-state index is -0.349. The Morgan fingerprint density at radius 3 is 2.63 bits per heavy atom. The average molecular weight is 405 g/mol. The highest BCUT2D eigenvalue weighted by Crippen LogP contribution is 2.18. The standard InChI is InChI=1S/C21H25ClN2O2S/c1-2-3-4-5-8-14-26-17-11-9-10-16(15-17)23-21(27)24-20(25)18-12-6-7-13-19(18)22/h6-7,9-13,15H,2-5,8,14H2,1H3,(H2,23,24,25,27). The highest BCUT2D eigenvalue weighted by molar-refractivity contribution is 7.80. The minimum Gasteiger partial charge on any atom is -0.494 e. The smallest absolute Gasteiger partial charge is 0.258 e. The van der Waals surface area contributed by atoms with Gasteiger partial charge in [0.1, 0.15) is 5.75 Å². The van der Waals surface area contributed by atoms with Crippen molar-refractivity contribution in [3.63, 3.8) is 0 Å². The maximum atomic E-state index is 12.2. The third kappa shape index (κ3) is 7.57. The van der Waals surface area contributed by atoms with Crippen LogP contribution < -0.4 is 15.4 Å². The highest BCUT2D eigenvalue weighted by Gasteiger charge is 2.11. The Morgan fingerprint density at radius 2 is 1.85 bits per heavy atom. The number of benzene rings is 2. The van der Waals surface area contributed by atoms with Crippen LogP contribution in [0.3, 0.4) is 0 Å². The first-order valence-corrected chi connectivity index (χ1v) is 9.98. The van der Waals surface area contributed by atoms with Crippen LogP contribution in [-0.4, -0.2) is 17.6 Å². The van der Waals surface area contributed by atoms with E-state index in [1.807, 2.05) is 24.3 Å². The first-order valence-electron chi connectivity index (χ1n) is 9.20. The molecular formula is C21H25ClN2O2S. The van der Waals surface area contributed by atoms with Crippen molar-refractivity contribution in [3.8, 4) is 5.75 Å². The van der Waals surface area contributed by atoms with Crippen molar-refractivity contribution in [1.82, 2.24) is 5.32 Å². The fourth-order valence-corrected chi connectivity index (χ4v) is 2.97. The van der Waals surface area contributed by atoms with E-state index in [1.54, 1.807) is 24.3 Å². The molecule has 4 nitrogen and oxygen atoms in total. The molecule has 27 heavy (non-hydrogen) atoms. The Morgan fingerprint density at radius 1 is 1.07 bits per heavy atom. The summed E-state index contributed by atoms with van der Waals surface area (Å²) in [7, 11) is 0. The van der Waals surface area contributed by atoms with Crippen molar-refractivity contribution >= 4 is 40.5 Å². The summed E-state index contributed by atoms with van der Waals surface area (Å²) in [6, 6.07) is 14.3. The number of unbranched alkanes of at least 4 members (excludes halogenated alkanes) is 4. The van der Waals surface area contributed by atoms with Crippen molar-refractivity contribution in [2.24, 2.45) is 0 Å². The molecule has 2 aromatic carbocycles. The first-order chi connectivity index (χ1) is 13.1. The van der Waals surface area contributed by atoms with E-state index in [0.29, 0.717) is 17.2 Å². The van der Waals surface area contributed by atoms with Crippen LogP contribution in [0.15, 0.2) is 48.5 Å². The Hall–Kier alpha value is -2.11. The lowest BCUT2D eigenvalue weighted by Gasteiger charge is -2.12. The van der Waals surface area contributed by atoms with Gasteiger partial charge in [-0.15, -0.1) is 0 Å². The van der Waals surface area contributed by atoms with E-state index in [1.165, 1.54) is 25.7 Å². The summed E-state index contributed by atoms with van der Waals surface area (Å²) >= 11 is 11.2. The lowest BCUT2D eigenvalue weighted by atomic mass is 10.2. The quantitative estimate of drug-likeness (QED) is 0.408. The van der Waals surface area contributed by atoms with Gasteiger partial charge >= 0.3 is 0 Å². The molecule has 0 unspecified atom stereocenters. The molecule has 0 aliphatic heterocycles. The first kappa shape index (κ1) is 21.2. The summed E-state index contributed by atoms with van der Waals surface area (Å²) in [6.45, 7) is 2.90. The van der Waals surface area contributed by atoms with Gasteiger partial charge in [0, 0.05) is 11.8 Å². The van der Waals surface area contributed by atoms with Gasteiger partial charge in [-0.25, -0.2) is 0 Å². The predicted molar refractivity (Wildman–Crippen MR) is 116 cm³/mol. The zero-order valence-corrected chi connectivity index (χ0v) is 17.0. The Bertz CT molecular complexity index is 767. The third-order valence-electron chi connectivity index (χ3n) is 3.95. The predicted octanol–water partition coefficient (Wildman–Crippen LogP) is 5.82. The van der Waals surface area contributed by atoms with E-state index in [2.05, 4.69) is 17.6 Å². The van der Waals surface area contributed by atoms with E-state index in [-0.39, 0.29) is 11.0 Å². The van der Waals surface area contributed by atoms with E-state index < -0.39 is 0 Å². The molecule has 2 aromatic rings. The van der Waals surface area contributed by atoms with Crippen molar-refractivity contribution < 1.29 is 9.53 Å². The van der Waals surface area contributed by atoms with Crippen LogP contribution >= 0.6 is 23.8 Å². The number of halogens is 1. The van der Waals surface area contributed by atoms with Crippen LogP contribution in [0.5, 0.6) is 5.75 Å². The second-order valence-corrected chi connectivity index (χ2v) is 6.99. The summed E-state index contributed by atoms with van der Waals surface area (Å²) in [6.07, 6.45) is 5.99. The summed E-state index contributed by atoms with van der Waals surface area (Å²) in [5, 5.41) is 6.22. The molecule has 0 aliphatic carbocycles. The number of nitrogens with one attached hydrogen (secondary N) is 2. The van der Waals surface area contributed by atoms with Gasteiger partial charge in [0.05, 0.1) is 17.2 Å². The van der Waals surface area contributed by atoms with Crippen LogP contribution in [0.25, 0.3) is 0 Å². The van der Waals surface area contributed by atoms with Crippen LogP contribution in [0.4, 0.5) is 5.69 Å². The summed E-state index contributed by atoms with van der Waals surface area (Å²) < 4.78 is 5.79. The van der Waals surface area contributed by atoms with E-state index in [0.717, 1.165) is 17.9 Å². The van der Waals surface area contributed by atoms with Crippen LogP contribution in [0, 0.1) is 0 Å². The molecule has 0 fully saturated rings. The molecule has 0 bridgehead atoms. The maximum Gasteiger partial charge on any atom is 0.258 e. The van der Waals surface area contributed by atoms with Crippen LogP contribution in [0.1, 0.15) is 49.4 Å². The molecule has 0 saturated heterocycles. The number of hydrogen-bond acceptors (Lipinski definition) is 3. The van der Waals surface area contributed by atoms with Crippen molar-refractivity contribution in [2.75, 3.05) is 11.9 Å². The molecule has 2 rings (SSSR count). The number of amides is 1. The van der Waals surface area contributed by atoms with Gasteiger partial charge in [0.15, 0.2) is 5.11 Å². The highest BCUT2D eigenvalue weighted by atomic mass is 35.5. The van der Waals surface area contributed by atoms with E-state index in [9.17, 15) is 4.79 Å². The number of carbonyl (C=O) groups is 1. The van der Waals surface area contributed by atoms with Gasteiger partial charge in [0.2, 0.25) is 0 Å². The molecule has 1 amide bonds. The molecule has 0 atom stereocenters. The minimum absolute atomic E-state index is 0.205. The lowest BCUT2D eigenvalue weighted by Crippen LogP contribution is -2.34. The average Bonchev–Trinajstić information content (AvgIpc) is 2.65. The molecule has 6 heteroatoms. The maximum absolute atomic E-state index is 12.2. The molecule has 2 N–H and O–H groups in total. The van der Waals surface area contributed by atoms with Crippen LogP contribution in [0.2, 0.25) is 5.02 Å². The molecular weight excluding hydrogens is 380 g/mol. The normalized spacial score (nSPS) is 10.3. The molecule has 0 spiro atoms. The largest absolute Gasteiger partial charge is 0.494 e. The topological polar surface area (TPSA) is 50.4 Å². The van der Waals surface area contributed by atoms with Gasteiger partial charge in [-0.2, -0.15) is 0 Å². The van der Waals surface area contributed by atoms with Gasteiger partial charge in [0.25, 0.3) is 5.91 Å². The van der Waals surface area contributed by atoms with Gasteiger partial charge in [-0.3, -0.25) is 10.1 Å². The Kier molecular flexibility index (Phi) is 9.08. The van der Waals surface area contributed by atoms with Crippen LogP contribution in [-0.2, 0) is 0 Å². The molecule has 0 heterocycles. The summed E-state index contributed by atoms with van der Waals surface area (Å²) in [5.41, 5.74) is 1.13. The Balaban J connectivity index is 1.82. The molecule has 144 valence electrons. The number of thiocarbonyl (C=S) groups is 1. The van der Waals surface area contributed by atoms with E-state index in [4.69, 9.17) is 28.6 Å². The van der Waals surface area contributed by atoms with Crippen molar-refractivity contribution in [3.05, 3.63) is 59.1 Å². The molecule has 0 aliphatic rings. The number of ether oxygens (including phenoxy) is 1. The number of anilines is 1. The summed E-state index contributed by atoms with van der Waals surface area (Å²) in [5.74, 6) is 0.424. The molecule has 0 saturated carbocycles. The fraction of sp³-hybridized carbons (Fsp3) is 0.333.